The number of nitrogens with zero attached hydrogens (tertiary/aromatic N) is 1. The molecule has 0 spiro atoms. The fraction of sp³-hybridized carbons (Fsp3) is 0.588. The van der Waals surface area contributed by atoms with Gasteiger partial charge in [0, 0.05) is 19.5 Å². The van der Waals surface area contributed by atoms with Crippen molar-refractivity contribution in [3.05, 3.63) is 30.3 Å². The van der Waals surface area contributed by atoms with Gasteiger partial charge in [-0.05, 0) is 31.9 Å². The molecule has 22 heavy (non-hydrogen) atoms. The molecule has 5 nitrogen and oxygen atoms in total. The monoisotopic (exact) mass is 306 g/mol. The van der Waals surface area contributed by atoms with Crippen LogP contribution in [0.25, 0.3) is 0 Å². The van der Waals surface area contributed by atoms with E-state index in [1.54, 1.807) is 11.9 Å². The molecule has 0 radical (unpaired) electrons. The van der Waals surface area contributed by atoms with Gasteiger partial charge in [-0.25, -0.2) is 4.79 Å². The number of aliphatic hydroxyl groups excluding tert-OH is 1. The molecule has 1 saturated carbocycles. The first-order chi connectivity index (χ1) is 10.6. The highest BCUT2D eigenvalue weighted by Crippen LogP contribution is 2.25. The van der Waals surface area contributed by atoms with Crippen LogP contribution in [-0.4, -0.2) is 48.4 Å². The van der Waals surface area contributed by atoms with Crippen LogP contribution in [0.1, 0.15) is 26.2 Å². The van der Waals surface area contributed by atoms with Crippen LogP contribution in [0.2, 0.25) is 0 Å². The summed E-state index contributed by atoms with van der Waals surface area (Å²) in [5.41, 5.74) is 0. The minimum Gasteiger partial charge on any atom is -0.489 e. The fourth-order valence-electron chi connectivity index (χ4n) is 2.80. The molecule has 122 valence electrons. The van der Waals surface area contributed by atoms with Crippen molar-refractivity contribution in [1.82, 2.24) is 10.2 Å². The highest BCUT2D eigenvalue weighted by molar-refractivity contribution is 5.73. The number of amides is 2. The number of benzene rings is 1. The van der Waals surface area contributed by atoms with Crippen molar-refractivity contribution < 1.29 is 14.6 Å². The summed E-state index contributed by atoms with van der Waals surface area (Å²) in [6, 6.07) is 9.44. The average Bonchev–Trinajstić information content (AvgIpc) is 2.91. The largest absolute Gasteiger partial charge is 0.489 e. The van der Waals surface area contributed by atoms with E-state index in [0.29, 0.717) is 13.1 Å². The summed E-state index contributed by atoms with van der Waals surface area (Å²) >= 11 is 0. The fourth-order valence-corrected chi connectivity index (χ4v) is 2.80. The molecule has 3 unspecified atom stereocenters. The number of hydrogen-bond donors (Lipinski definition) is 2. The Balaban J connectivity index is 1.70. The number of aliphatic hydroxyl groups is 1. The van der Waals surface area contributed by atoms with Crippen molar-refractivity contribution in [2.75, 3.05) is 20.1 Å². The maximum Gasteiger partial charge on any atom is 0.317 e. The minimum absolute atomic E-state index is 0.100. The summed E-state index contributed by atoms with van der Waals surface area (Å²) in [6.07, 6.45) is 2.52. The SMILES string of the molecule is CC(CNC(=O)N(C)CC1CCCC1O)Oc1ccccc1. The Morgan fingerprint density at radius 1 is 1.41 bits per heavy atom. The molecule has 0 bridgehead atoms. The Morgan fingerprint density at radius 3 is 2.77 bits per heavy atom. The lowest BCUT2D eigenvalue weighted by Crippen LogP contribution is -2.44. The van der Waals surface area contributed by atoms with Crippen molar-refractivity contribution in [3.63, 3.8) is 0 Å². The number of ether oxygens (including phenoxy) is 1. The molecule has 1 aromatic rings. The minimum atomic E-state index is -0.268. The van der Waals surface area contributed by atoms with Gasteiger partial charge in [0.15, 0.2) is 0 Å². The predicted molar refractivity (Wildman–Crippen MR) is 85.9 cm³/mol. The molecule has 0 aliphatic heterocycles. The van der Waals surface area contributed by atoms with Crippen LogP contribution in [0.4, 0.5) is 4.79 Å². The van der Waals surface area contributed by atoms with Crippen LogP contribution in [-0.2, 0) is 0 Å². The molecule has 3 atom stereocenters. The van der Waals surface area contributed by atoms with E-state index >= 15 is 0 Å². The van der Waals surface area contributed by atoms with Crippen LogP contribution < -0.4 is 10.1 Å². The third-order valence-corrected chi connectivity index (χ3v) is 4.10. The molecule has 5 heteroatoms. The van der Waals surface area contributed by atoms with E-state index in [0.717, 1.165) is 25.0 Å². The van der Waals surface area contributed by atoms with E-state index in [-0.39, 0.29) is 24.2 Å². The molecule has 0 heterocycles. The van der Waals surface area contributed by atoms with Crippen LogP contribution in [0.15, 0.2) is 30.3 Å². The van der Waals surface area contributed by atoms with Crippen LogP contribution in [0, 0.1) is 5.92 Å². The zero-order valence-electron chi connectivity index (χ0n) is 13.4. The van der Waals surface area contributed by atoms with Gasteiger partial charge in [-0.2, -0.15) is 0 Å². The zero-order chi connectivity index (χ0) is 15.9. The normalized spacial score (nSPS) is 22.1. The molecule has 2 rings (SSSR count). The van der Waals surface area contributed by atoms with E-state index in [4.69, 9.17) is 4.74 Å². The molecule has 0 saturated heterocycles. The lowest BCUT2D eigenvalue weighted by molar-refractivity contribution is 0.113. The molecule has 2 amide bonds. The summed E-state index contributed by atoms with van der Waals surface area (Å²) < 4.78 is 5.72. The quantitative estimate of drug-likeness (QED) is 0.847. The van der Waals surface area contributed by atoms with Crippen molar-refractivity contribution in [2.45, 2.75) is 38.4 Å². The Kier molecular flexibility index (Phi) is 6.07. The van der Waals surface area contributed by atoms with Gasteiger partial charge in [0.05, 0.1) is 12.6 Å². The first kappa shape index (κ1) is 16.6. The highest BCUT2D eigenvalue weighted by atomic mass is 16.5. The number of para-hydroxylation sites is 1. The molecule has 0 aromatic heterocycles. The number of carbonyl (C=O) groups is 1. The van der Waals surface area contributed by atoms with Gasteiger partial charge in [-0.3, -0.25) is 0 Å². The maximum atomic E-state index is 12.1. The highest BCUT2D eigenvalue weighted by Gasteiger charge is 2.27. The van der Waals surface area contributed by atoms with Crippen LogP contribution in [0.3, 0.4) is 0 Å². The lowest BCUT2D eigenvalue weighted by atomic mass is 10.1. The summed E-state index contributed by atoms with van der Waals surface area (Å²) in [7, 11) is 1.77. The van der Waals surface area contributed by atoms with E-state index in [1.807, 2.05) is 37.3 Å². The van der Waals surface area contributed by atoms with Gasteiger partial charge in [-0.1, -0.05) is 24.6 Å². The lowest BCUT2D eigenvalue weighted by Gasteiger charge is -2.24. The number of carbonyl (C=O) groups excluding carboxylic acids is 1. The second-order valence-electron chi connectivity index (χ2n) is 6.07. The van der Waals surface area contributed by atoms with Crippen LogP contribution >= 0.6 is 0 Å². The number of urea groups is 1. The molecule has 2 N–H and O–H groups in total. The summed E-state index contributed by atoms with van der Waals surface area (Å²) in [5.74, 6) is 1.00. The van der Waals surface area contributed by atoms with E-state index < -0.39 is 0 Å². The molecule has 1 fully saturated rings. The molecule has 1 aromatic carbocycles. The van der Waals surface area contributed by atoms with Crippen molar-refractivity contribution in [1.29, 1.82) is 0 Å². The standard InChI is InChI=1S/C17H26N2O3/c1-13(22-15-8-4-3-5-9-15)11-18-17(21)19(2)12-14-7-6-10-16(14)20/h3-5,8-9,13-14,16,20H,6-7,10-12H2,1-2H3,(H,18,21). The summed E-state index contributed by atoms with van der Waals surface area (Å²) in [6.45, 7) is 2.97. The molecular formula is C17H26N2O3. The van der Waals surface area contributed by atoms with Crippen molar-refractivity contribution >= 4 is 6.03 Å². The van der Waals surface area contributed by atoms with Gasteiger partial charge in [0.25, 0.3) is 0 Å². The van der Waals surface area contributed by atoms with E-state index in [2.05, 4.69) is 5.32 Å². The zero-order valence-corrected chi connectivity index (χ0v) is 13.4. The average molecular weight is 306 g/mol. The van der Waals surface area contributed by atoms with Gasteiger partial charge < -0.3 is 20.1 Å². The third kappa shape index (κ3) is 4.91. The van der Waals surface area contributed by atoms with Gasteiger partial charge in [0.1, 0.15) is 11.9 Å². The van der Waals surface area contributed by atoms with Gasteiger partial charge >= 0.3 is 6.03 Å². The first-order valence-electron chi connectivity index (χ1n) is 7.95. The smallest absolute Gasteiger partial charge is 0.317 e. The van der Waals surface area contributed by atoms with E-state index in [1.165, 1.54) is 0 Å². The predicted octanol–water partition coefficient (Wildman–Crippen LogP) is 2.26. The van der Waals surface area contributed by atoms with E-state index in [9.17, 15) is 9.90 Å². The summed E-state index contributed by atoms with van der Waals surface area (Å²) in [4.78, 5) is 13.7. The molecule has 1 aliphatic rings. The van der Waals surface area contributed by atoms with Gasteiger partial charge in [0.2, 0.25) is 0 Å². The third-order valence-electron chi connectivity index (χ3n) is 4.10. The summed E-state index contributed by atoms with van der Waals surface area (Å²) in [5, 5.41) is 12.7. The number of nitrogens with one attached hydrogen (secondary N) is 1. The van der Waals surface area contributed by atoms with Crippen molar-refractivity contribution in [2.24, 2.45) is 5.92 Å². The van der Waals surface area contributed by atoms with Crippen molar-refractivity contribution in [3.8, 4) is 5.75 Å². The Bertz CT molecular complexity index is 466. The molecular weight excluding hydrogens is 280 g/mol. The Hall–Kier alpha value is -1.75. The topological polar surface area (TPSA) is 61.8 Å². The second kappa shape index (κ2) is 8.03. The molecule has 1 aliphatic carbocycles. The van der Waals surface area contributed by atoms with Crippen LogP contribution in [0.5, 0.6) is 5.75 Å². The number of rotatable bonds is 6. The first-order valence-corrected chi connectivity index (χ1v) is 7.95. The second-order valence-corrected chi connectivity index (χ2v) is 6.07. The Morgan fingerprint density at radius 2 is 2.14 bits per heavy atom. The number of hydrogen-bond acceptors (Lipinski definition) is 3. The maximum absolute atomic E-state index is 12.1. The van der Waals surface area contributed by atoms with Gasteiger partial charge in [-0.15, -0.1) is 0 Å². The Labute approximate surface area is 132 Å².